The standard InChI is InChI=1S/C12H17ClN2O/c1-8-6-7-16-12(8)11(15-14)9-2-4-10(13)5-3-9/h2-5,8,11-12,15H,6-7,14H2,1H3. The van der Waals surface area contributed by atoms with Crippen LogP contribution in [0.2, 0.25) is 5.02 Å². The SMILES string of the molecule is CC1CCOC1C(NN)c1ccc(Cl)cc1. The van der Waals surface area contributed by atoms with Crippen molar-refractivity contribution in [3.63, 3.8) is 0 Å². The maximum atomic E-state index is 5.86. The molecule has 1 aliphatic heterocycles. The first kappa shape index (κ1) is 11.9. The molecule has 3 atom stereocenters. The van der Waals surface area contributed by atoms with E-state index in [0.717, 1.165) is 23.6 Å². The van der Waals surface area contributed by atoms with E-state index in [-0.39, 0.29) is 12.1 Å². The molecule has 1 heterocycles. The molecule has 88 valence electrons. The van der Waals surface area contributed by atoms with Gasteiger partial charge in [-0.25, -0.2) is 0 Å². The molecule has 0 amide bonds. The van der Waals surface area contributed by atoms with Crippen LogP contribution in [0.3, 0.4) is 0 Å². The van der Waals surface area contributed by atoms with Crippen LogP contribution < -0.4 is 11.3 Å². The van der Waals surface area contributed by atoms with Crippen molar-refractivity contribution in [1.29, 1.82) is 0 Å². The molecule has 3 unspecified atom stereocenters. The van der Waals surface area contributed by atoms with E-state index in [2.05, 4.69) is 12.3 Å². The highest BCUT2D eigenvalue weighted by Gasteiger charge is 2.32. The lowest BCUT2D eigenvalue weighted by molar-refractivity contribution is 0.0607. The van der Waals surface area contributed by atoms with Gasteiger partial charge in [-0.1, -0.05) is 30.7 Å². The Bertz CT molecular complexity index is 341. The van der Waals surface area contributed by atoms with Crippen LogP contribution in [0.4, 0.5) is 0 Å². The van der Waals surface area contributed by atoms with Crippen LogP contribution in [0.15, 0.2) is 24.3 Å². The number of rotatable bonds is 3. The summed E-state index contributed by atoms with van der Waals surface area (Å²) in [6.45, 7) is 3.01. The third kappa shape index (κ3) is 2.38. The van der Waals surface area contributed by atoms with Gasteiger partial charge in [-0.05, 0) is 30.0 Å². The highest BCUT2D eigenvalue weighted by molar-refractivity contribution is 6.30. The number of benzene rings is 1. The molecular weight excluding hydrogens is 224 g/mol. The molecule has 0 radical (unpaired) electrons. The van der Waals surface area contributed by atoms with Crippen molar-refractivity contribution in [1.82, 2.24) is 5.43 Å². The normalized spacial score (nSPS) is 26.9. The molecule has 0 spiro atoms. The van der Waals surface area contributed by atoms with E-state index in [1.807, 2.05) is 24.3 Å². The van der Waals surface area contributed by atoms with Crippen LogP contribution in [0.25, 0.3) is 0 Å². The molecule has 2 rings (SSSR count). The van der Waals surface area contributed by atoms with Gasteiger partial charge in [0.1, 0.15) is 0 Å². The second-order valence-electron chi connectivity index (χ2n) is 4.30. The first-order valence-corrected chi connectivity index (χ1v) is 5.93. The molecule has 0 aromatic heterocycles. The summed E-state index contributed by atoms with van der Waals surface area (Å²) in [7, 11) is 0. The molecular formula is C12H17ClN2O. The minimum atomic E-state index is 0.0368. The average molecular weight is 241 g/mol. The molecule has 16 heavy (non-hydrogen) atoms. The Hall–Kier alpha value is -0.610. The van der Waals surface area contributed by atoms with Crippen molar-refractivity contribution in [2.45, 2.75) is 25.5 Å². The Balaban J connectivity index is 2.18. The number of hydrogen-bond donors (Lipinski definition) is 2. The van der Waals surface area contributed by atoms with Crippen LogP contribution in [0.5, 0.6) is 0 Å². The van der Waals surface area contributed by atoms with E-state index < -0.39 is 0 Å². The average Bonchev–Trinajstić information content (AvgIpc) is 2.69. The molecule has 3 nitrogen and oxygen atoms in total. The lowest BCUT2D eigenvalue weighted by Gasteiger charge is -2.25. The van der Waals surface area contributed by atoms with Crippen LogP contribution in [0.1, 0.15) is 24.9 Å². The number of nitrogens with one attached hydrogen (secondary N) is 1. The zero-order valence-electron chi connectivity index (χ0n) is 9.32. The molecule has 1 fully saturated rings. The van der Waals surface area contributed by atoms with Crippen molar-refractivity contribution in [3.05, 3.63) is 34.9 Å². The molecule has 1 aromatic carbocycles. The number of hydrogen-bond acceptors (Lipinski definition) is 3. The molecule has 0 bridgehead atoms. The minimum Gasteiger partial charge on any atom is -0.376 e. The summed E-state index contributed by atoms with van der Waals surface area (Å²) in [5.41, 5.74) is 3.96. The highest BCUT2D eigenvalue weighted by atomic mass is 35.5. The van der Waals surface area contributed by atoms with E-state index in [9.17, 15) is 0 Å². The lowest BCUT2D eigenvalue weighted by Crippen LogP contribution is -2.38. The number of nitrogens with two attached hydrogens (primary N) is 1. The maximum absolute atomic E-state index is 5.86. The number of ether oxygens (including phenoxy) is 1. The van der Waals surface area contributed by atoms with E-state index in [4.69, 9.17) is 22.2 Å². The largest absolute Gasteiger partial charge is 0.376 e. The Kier molecular flexibility index (Phi) is 3.82. The number of halogens is 1. The Morgan fingerprint density at radius 1 is 1.44 bits per heavy atom. The molecule has 1 saturated heterocycles. The predicted molar refractivity (Wildman–Crippen MR) is 65.0 cm³/mol. The predicted octanol–water partition coefficient (Wildman–Crippen LogP) is 2.27. The fourth-order valence-electron chi connectivity index (χ4n) is 2.19. The maximum Gasteiger partial charge on any atom is 0.0808 e. The molecule has 3 N–H and O–H groups in total. The smallest absolute Gasteiger partial charge is 0.0808 e. The summed E-state index contributed by atoms with van der Waals surface area (Å²) in [5.74, 6) is 6.15. The van der Waals surface area contributed by atoms with Gasteiger partial charge >= 0.3 is 0 Å². The third-order valence-corrected chi connectivity index (χ3v) is 3.43. The van der Waals surface area contributed by atoms with E-state index >= 15 is 0 Å². The van der Waals surface area contributed by atoms with Crippen molar-refractivity contribution in [2.75, 3.05) is 6.61 Å². The fraction of sp³-hybridized carbons (Fsp3) is 0.500. The van der Waals surface area contributed by atoms with Gasteiger partial charge in [0.15, 0.2) is 0 Å². The summed E-state index contributed by atoms with van der Waals surface area (Å²) in [6, 6.07) is 7.76. The van der Waals surface area contributed by atoms with E-state index in [1.54, 1.807) is 0 Å². The van der Waals surface area contributed by atoms with Gasteiger partial charge in [0.25, 0.3) is 0 Å². The zero-order valence-corrected chi connectivity index (χ0v) is 10.1. The van der Waals surface area contributed by atoms with Crippen molar-refractivity contribution in [2.24, 2.45) is 11.8 Å². The summed E-state index contributed by atoms with van der Waals surface area (Å²) in [5, 5.41) is 0.736. The van der Waals surface area contributed by atoms with Crippen LogP contribution in [-0.2, 0) is 4.74 Å². The number of hydrazine groups is 1. The lowest BCUT2D eigenvalue weighted by atomic mass is 9.93. The molecule has 1 aliphatic rings. The summed E-state index contributed by atoms with van der Waals surface area (Å²) in [6.07, 6.45) is 1.24. The van der Waals surface area contributed by atoms with Crippen LogP contribution in [0, 0.1) is 5.92 Å². The summed E-state index contributed by atoms with van der Waals surface area (Å²) < 4.78 is 5.73. The van der Waals surface area contributed by atoms with Gasteiger partial charge in [-0.15, -0.1) is 0 Å². The molecule has 4 heteroatoms. The Morgan fingerprint density at radius 3 is 2.62 bits per heavy atom. The van der Waals surface area contributed by atoms with Gasteiger partial charge in [0, 0.05) is 11.6 Å². The Labute approximate surface area is 101 Å². The topological polar surface area (TPSA) is 47.3 Å². The summed E-state index contributed by atoms with van der Waals surface area (Å²) >= 11 is 5.86. The van der Waals surface area contributed by atoms with Crippen molar-refractivity contribution < 1.29 is 4.74 Å². The van der Waals surface area contributed by atoms with Gasteiger partial charge in [0.05, 0.1) is 12.1 Å². The first-order chi connectivity index (χ1) is 7.72. The van der Waals surface area contributed by atoms with Gasteiger partial charge in [-0.2, -0.15) is 0 Å². The molecule has 0 saturated carbocycles. The minimum absolute atomic E-state index is 0.0368. The fourth-order valence-corrected chi connectivity index (χ4v) is 2.32. The van der Waals surface area contributed by atoms with Crippen molar-refractivity contribution >= 4 is 11.6 Å². The van der Waals surface area contributed by atoms with Gasteiger partial charge in [0.2, 0.25) is 0 Å². The van der Waals surface area contributed by atoms with Gasteiger partial charge < -0.3 is 4.74 Å². The summed E-state index contributed by atoms with van der Waals surface area (Å²) in [4.78, 5) is 0. The highest BCUT2D eigenvalue weighted by Crippen LogP contribution is 2.31. The third-order valence-electron chi connectivity index (χ3n) is 3.18. The second-order valence-corrected chi connectivity index (χ2v) is 4.73. The van der Waals surface area contributed by atoms with E-state index in [0.29, 0.717) is 5.92 Å². The zero-order chi connectivity index (χ0) is 11.5. The van der Waals surface area contributed by atoms with Crippen molar-refractivity contribution in [3.8, 4) is 0 Å². The molecule has 1 aromatic rings. The van der Waals surface area contributed by atoms with Crippen LogP contribution >= 0.6 is 11.6 Å². The second kappa shape index (κ2) is 5.15. The molecule has 0 aliphatic carbocycles. The monoisotopic (exact) mass is 240 g/mol. The quantitative estimate of drug-likeness (QED) is 0.630. The Morgan fingerprint density at radius 2 is 2.12 bits per heavy atom. The van der Waals surface area contributed by atoms with Crippen LogP contribution in [-0.4, -0.2) is 12.7 Å². The van der Waals surface area contributed by atoms with E-state index in [1.165, 1.54) is 0 Å². The first-order valence-electron chi connectivity index (χ1n) is 5.55. The van der Waals surface area contributed by atoms with Gasteiger partial charge in [-0.3, -0.25) is 11.3 Å².